The number of para-hydroxylation sites is 1. The maximum atomic E-state index is 5.22. The lowest BCUT2D eigenvalue weighted by molar-refractivity contribution is 0.414. The fraction of sp³-hybridized carbons (Fsp3) is 0.143. The van der Waals surface area contributed by atoms with Gasteiger partial charge in [-0.1, -0.05) is 12.1 Å². The summed E-state index contributed by atoms with van der Waals surface area (Å²) in [6.45, 7) is 0.517. The molecule has 0 unspecified atom stereocenters. The Morgan fingerprint density at radius 1 is 1.35 bits per heavy atom. The summed E-state index contributed by atoms with van der Waals surface area (Å²) in [7, 11) is 1.62. The van der Waals surface area contributed by atoms with E-state index in [1.807, 2.05) is 36.4 Å². The number of nitrogens with one attached hydrogen (secondary N) is 2. The zero-order chi connectivity index (χ0) is 14.2. The van der Waals surface area contributed by atoms with Crippen LogP contribution in [0.3, 0.4) is 0 Å². The number of nitrogens with zero attached hydrogens (tertiary/aromatic N) is 1. The van der Waals surface area contributed by atoms with Crippen LogP contribution in [0, 0.1) is 0 Å². The molecule has 1 heterocycles. The number of ether oxygens (including phenoxy) is 1. The van der Waals surface area contributed by atoms with Crippen molar-refractivity contribution in [1.82, 2.24) is 10.7 Å². The molecule has 0 aliphatic heterocycles. The number of furan rings is 1. The summed E-state index contributed by atoms with van der Waals surface area (Å²) in [6.07, 6.45) is 3.27. The summed E-state index contributed by atoms with van der Waals surface area (Å²) >= 11 is 5.09. The van der Waals surface area contributed by atoms with E-state index in [-0.39, 0.29) is 0 Å². The van der Waals surface area contributed by atoms with Crippen LogP contribution in [0.1, 0.15) is 11.3 Å². The molecule has 2 aromatic rings. The van der Waals surface area contributed by atoms with E-state index in [2.05, 4.69) is 15.8 Å². The van der Waals surface area contributed by atoms with Crippen LogP contribution in [0.4, 0.5) is 0 Å². The molecule has 0 saturated heterocycles. The van der Waals surface area contributed by atoms with Crippen LogP contribution in [0.25, 0.3) is 0 Å². The van der Waals surface area contributed by atoms with Crippen LogP contribution in [0.2, 0.25) is 0 Å². The molecule has 1 aromatic heterocycles. The van der Waals surface area contributed by atoms with Crippen molar-refractivity contribution in [1.29, 1.82) is 0 Å². The smallest absolute Gasteiger partial charge is 0.187 e. The lowest BCUT2D eigenvalue weighted by Crippen LogP contribution is -2.31. The van der Waals surface area contributed by atoms with E-state index >= 15 is 0 Å². The number of methoxy groups -OCH3 is 1. The van der Waals surface area contributed by atoms with Gasteiger partial charge in [0.05, 0.1) is 26.1 Å². The number of hydrogen-bond donors (Lipinski definition) is 2. The van der Waals surface area contributed by atoms with Gasteiger partial charge < -0.3 is 14.5 Å². The highest BCUT2D eigenvalue weighted by atomic mass is 32.1. The summed E-state index contributed by atoms with van der Waals surface area (Å²) in [5, 5.41) is 7.47. The lowest BCUT2D eigenvalue weighted by atomic mass is 10.2. The molecule has 20 heavy (non-hydrogen) atoms. The third kappa shape index (κ3) is 4.10. The number of thiocarbonyl (C=S) groups is 1. The van der Waals surface area contributed by atoms with E-state index in [1.165, 1.54) is 0 Å². The van der Waals surface area contributed by atoms with Gasteiger partial charge in [-0.05, 0) is 36.5 Å². The maximum Gasteiger partial charge on any atom is 0.187 e. The maximum absolute atomic E-state index is 5.22. The fourth-order valence-corrected chi connectivity index (χ4v) is 1.68. The van der Waals surface area contributed by atoms with Gasteiger partial charge in [-0.15, -0.1) is 0 Å². The van der Waals surface area contributed by atoms with Crippen LogP contribution < -0.4 is 15.5 Å². The highest BCUT2D eigenvalue weighted by Gasteiger charge is 1.99. The molecule has 0 aliphatic rings. The molecule has 0 fully saturated rings. The van der Waals surface area contributed by atoms with Gasteiger partial charge in [-0.25, -0.2) is 0 Å². The van der Waals surface area contributed by atoms with Crippen molar-refractivity contribution in [3.63, 3.8) is 0 Å². The summed E-state index contributed by atoms with van der Waals surface area (Å²) in [5.41, 5.74) is 3.61. The molecule has 5 nitrogen and oxygen atoms in total. The average molecular weight is 289 g/mol. The first-order valence-electron chi connectivity index (χ1n) is 6.02. The first kappa shape index (κ1) is 14.1. The Kier molecular flexibility index (Phi) is 5.14. The monoisotopic (exact) mass is 289 g/mol. The van der Waals surface area contributed by atoms with E-state index in [0.29, 0.717) is 11.7 Å². The Labute approximate surface area is 122 Å². The predicted octanol–water partition coefficient (Wildman–Crippen LogP) is 2.29. The molecule has 0 aliphatic carbocycles. The molecule has 0 amide bonds. The summed E-state index contributed by atoms with van der Waals surface area (Å²) in [4.78, 5) is 0. The van der Waals surface area contributed by atoms with Crippen LogP contribution in [0.15, 0.2) is 52.2 Å². The molecule has 0 bridgehead atoms. The Hall–Kier alpha value is -2.34. The predicted molar refractivity (Wildman–Crippen MR) is 81.9 cm³/mol. The van der Waals surface area contributed by atoms with Gasteiger partial charge in [-0.3, -0.25) is 5.43 Å². The summed E-state index contributed by atoms with van der Waals surface area (Å²) in [6, 6.07) is 11.3. The highest BCUT2D eigenvalue weighted by Crippen LogP contribution is 2.14. The van der Waals surface area contributed by atoms with Crippen molar-refractivity contribution in [2.45, 2.75) is 6.54 Å². The van der Waals surface area contributed by atoms with Gasteiger partial charge in [0.15, 0.2) is 5.11 Å². The third-order valence-electron chi connectivity index (χ3n) is 2.51. The standard InChI is InChI=1S/C14H15N3O2S/c1-18-13-7-3-2-5-11(13)9-16-17-14(20)15-10-12-6-4-8-19-12/h2-9H,10H2,1H3,(H2,15,17,20)/b16-9+. The second-order valence-electron chi connectivity index (χ2n) is 3.87. The first-order chi connectivity index (χ1) is 9.79. The second kappa shape index (κ2) is 7.30. The molecule has 0 spiro atoms. The molecular weight excluding hydrogens is 274 g/mol. The molecule has 2 rings (SSSR count). The van der Waals surface area contributed by atoms with Gasteiger partial charge in [0, 0.05) is 5.56 Å². The van der Waals surface area contributed by atoms with Crippen LogP contribution in [-0.2, 0) is 6.54 Å². The molecule has 104 valence electrons. The van der Waals surface area contributed by atoms with Crippen LogP contribution in [0.5, 0.6) is 5.75 Å². The number of hydrogen-bond acceptors (Lipinski definition) is 4. The SMILES string of the molecule is COc1ccccc1/C=N/NC(=S)NCc1ccco1. The molecule has 0 atom stereocenters. The molecule has 1 aromatic carbocycles. The Morgan fingerprint density at radius 3 is 2.95 bits per heavy atom. The zero-order valence-corrected chi connectivity index (χ0v) is 11.8. The van der Waals surface area contributed by atoms with E-state index in [1.54, 1.807) is 19.6 Å². The third-order valence-corrected chi connectivity index (χ3v) is 2.75. The van der Waals surface area contributed by atoms with Gasteiger partial charge in [0.2, 0.25) is 0 Å². The summed E-state index contributed by atoms with van der Waals surface area (Å²) < 4.78 is 10.4. The summed E-state index contributed by atoms with van der Waals surface area (Å²) in [5.74, 6) is 1.57. The van der Waals surface area contributed by atoms with E-state index < -0.39 is 0 Å². The molecule has 0 radical (unpaired) electrons. The molecular formula is C14H15N3O2S. The number of benzene rings is 1. The second-order valence-corrected chi connectivity index (χ2v) is 4.28. The van der Waals surface area contributed by atoms with Crippen molar-refractivity contribution >= 4 is 23.5 Å². The van der Waals surface area contributed by atoms with Crippen molar-refractivity contribution in [2.24, 2.45) is 5.10 Å². The average Bonchev–Trinajstić information content (AvgIpc) is 2.99. The van der Waals surface area contributed by atoms with Crippen LogP contribution >= 0.6 is 12.2 Å². The van der Waals surface area contributed by atoms with Crippen LogP contribution in [-0.4, -0.2) is 18.4 Å². The van der Waals surface area contributed by atoms with E-state index in [0.717, 1.165) is 17.1 Å². The number of hydrazone groups is 1. The lowest BCUT2D eigenvalue weighted by Gasteiger charge is -2.05. The van der Waals surface area contributed by atoms with Crippen molar-refractivity contribution < 1.29 is 9.15 Å². The Morgan fingerprint density at radius 2 is 2.20 bits per heavy atom. The van der Waals surface area contributed by atoms with Gasteiger partial charge >= 0.3 is 0 Å². The van der Waals surface area contributed by atoms with E-state index in [4.69, 9.17) is 21.4 Å². The quantitative estimate of drug-likeness (QED) is 0.502. The fourth-order valence-electron chi connectivity index (χ4n) is 1.55. The molecule has 6 heteroatoms. The normalized spacial score (nSPS) is 10.4. The topological polar surface area (TPSA) is 58.8 Å². The van der Waals surface area contributed by atoms with Crippen molar-refractivity contribution in [3.05, 3.63) is 54.0 Å². The Bertz CT molecular complexity index is 582. The minimum absolute atomic E-state index is 0.424. The van der Waals surface area contributed by atoms with Crippen molar-refractivity contribution in [2.75, 3.05) is 7.11 Å². The molecule has 0 saturated carbocycles. The first-order valence-corrected chi connectivity index (χ1v) is 6.42. The molecule has 2 N–H and O–H groups in total. The van der Waals surface area contributed by atoms with Crippen molar-refractivity contribution in [3.8, 4) is 5.75 Å². The number of rotatable bonds is 5. The minimum atomic E-state index is 0.424. The minimum Gasteiger partial charge on any atom is -0.496 e. The zero-order valence-electron chi connectivity index (χ0n) is 11.0. The van der Waals surface area contributed by atoms with Gasteiger partial charge in [-0.2, -0.15) is 5.10 Å². The Balaban J connectivity index is 1.82. The van der Waals surface area contributed by atoms with E-state index in [9.17, 15) is 0 Å². The highest BCUT2D eigenvalue weighted by molar-refractivity contribution is 7.80. The largest absolute Gasteiger partial charge is 0.496 e. The van der Waals surface area contributed by atoms with Gasteiger partial charge in [0.25, 0.3) is 0 Å². The van der Waals surface area contributed by atoms with Gasteiger partial charge in [0.1, 0.15) is 11.5 Å².